The third kappa shape index (κ3) is 4.40. The number of aromatic nitrogens is 2. The van der Waals surface area contributed by atoms with Crippen molar-refractivity contribution in [2.24, 2.45) is 0 Å². The number of aromatic amines is 1. The molecule has 0 atom stereocenters. The molecule has 2 N–H and O–H groups in total. The van der Waals surface area contributed by atoms with E-state index in [0.29, 0.717) is 16.8 Å². The van der Waals surface area contributed by atoms with Crippen LogP contribution in [0.15, 0.2) is 41.3 Å². The van der Waals surface area contributed by atoms with Crippen LogP contribution in [0.1, 0.15) is 26.4 Å². The Bertz CT molecular complexity index is 987. The van der Waals surface area contributed by atoms with Crippen molar-refractivity contribution in [1.82, 2.24) is 15.3 Å². The summed E-state index contributed by atoms with van der Waals surface area (Å²) in [6.45, 7) is 0.259. The van der Waals surface area contributed by atoms with Crippen LogP contribution in [0.2, 0.25) is 5.02 Å². The van der Waals surface area contributed by atoms with E-state index >= 15 is 0 Å². The molecule has 25 heavy (non-hydrogen) atoms. The Labute approximate surface area is 172 Å². The second-order valence-electron chi connectivity index (χ2n) is 5.04. The third-order valence-electron chi connectivity index (χ3n) is 3.44. The number of fused-ring (bicyclic) bond motifs is 1. The summed E-state index contributed by atoms with van der Waals surface area (Å²) in [4.78, 5) is 42.0. The molecule has 3 rings (SSSR count). The Morgan fingerprint density at radius 3 is 2.72 bits per heavy atom. The summed E-state index contributed by atoms with van der Waals surface area (Å²) in [6.07, 6.45) is 4.38. The first-order valence-corrected chi connectivity index (χ1v) is 7.38. The molecule has 3 aromatic rings. The largest absolute Gasteiger partial charge is 0.382 e. The van der Waals surface area contributed by atoms with Gasteiger partial charge in [-0.05, 0) is 28.9 Å². The van der Waals surface area contributed by atoms with Crippen LogP contribution in [-0.4, -0.2) is 22.2 Å². The first-order valence-electron chi connectivity index (χ1n) is 7.00. The van der Waals surface area contributed by atoms with E-state index in [0.717, 1.165) is 5.56 Å². The zero-order valence-electron chi connectivity index (χ0n) is 12.9. The molecular formula is C17H11ClN3O3Y-. The normalized spacial score (nSPS) is 10.1. The molecule has 1 radical (unpaired) electrons. The van der Waals surface area contributed by atoms with Crippen molar-refractivity contribution < 1.29 is 42.3 Å². The molecule has 0 saturated heterocycles. The number of nitrogens with one attached hydrogen (secondary N) is 2. The molecular weight excluding hydrogens is 419 g/mol. The van der Waals surface area contributed by atoms with Crippen molar-refractivity contribution in [1.29, 1.82) is 0 Å². The number of benzene rings is 1. The van der Waals surface area contributed by atoms with Gasteiger partial charge in [0.25, 0.3) is 5.91 Å². The van der Waals surface area contributed by atoms with Gasteiger partial charge in [0, 0.05) is 50.5 Å². The van der Waals surface area contributed by atoms with Gasteiger partial charge in [-0.1, -0.05) is 35.3 Å². The first-order chi connectivity index (χ1) is 11.6. The molecule has 0 saturated carbocycles. The molecule has 0 bridgehead atoms. The van der Waals surface area contributed by atoms with E-state index in [-0.39, 0.29) is 55.9 Å². The molecule has 8 heteroatoms. The van der Waals surface area contributed by atoms with Crippen molar-refractivity contribution in [2.45, 2.75) is 6.54 Å². The molecule has 0 fully saturated rings. The average molecular weight is 430 g/mol. The second-order valence-corrected chi connectivity index (χ2v) is 5.48. The topological polar surface area (TPSA) is 91.9 Å². The third-order valence-corrected chi connectivity index (χ3v) is 3.69. The molecule has 0 aliphatic heterocycles. The SMILES string of the molecule is O=Cc1cc2c(=O)c(C(=O)NCc3ccc(Cl)cc3)c[nH]c2[c-]n1.[Y]. The van der Waals surface area contributed by atoms with Gasteiger partial charge in [0.2, 0.25) is 0 Å². The van der Waals surface area contributed by atoms with Crippen LogP contribution in [0.25, 0.3) is 10.9 Å². The minimum atomic E-state index is -0.516. The van der Waals surface area contributed by atoms with Gasteiger partial charge in [0.15, 0.2) is 0 Å². The number of hydrogen-bond donors (Lipinski definition) is 2. The Kier molecular flexibility index (Phi) is 6.59. The monoisotopic (exact) mass is 429 g/mol. The molecule has 2 aromatic heterocycles. The van der Waals surface area contributed by atoms with E-state index in [9.17, 15) is 14.4 Å². The standard InChI is InChI=1S/C17H11ClN3O3.Y/c18-11-3-1-10(2-4-11)6-21-17(24)14-7-20-15-8-19-12(9-22)5-13(15)16(14)23;/h1-5,7,9H,6H2,(H,20,23)(H,21,24);/q-1;. The quantitative estimate of drug-likeness (QED) is 0.491. The van der Waals surface area contributed by atoms with Gasteiger partial charge in [-0.3, -0.25) is 4.79 Å². The van der Waals surface area contributed by atoms with E-state index in [1.807, 2.05) is 0 Å². The number of carbonyl (C=O) groups is 2. The van der Waals surface area contributed by atoms with Gasteiger partial charge in [-0.2, -0.15) is 0 Å². The van der Waals surface area contributed by atoms with Gasteiger partial charge in [0.1, 0.15) is 11.7 Å². The average Bonchev–Trinajstić information content (AvgIpc) is 2.61. The first kappa shape index (κ1) is 19.4. The van der Waals surface area contributed by atoms with Crippen molar-refractivity contribution >= 4 is 34.7 Å². The second kappa shape index (κ2) is 8.47. The summed E-state index contributed by atoms with van der Waals surface area (Å²) < 4.78 is 0. The number of rotatable bonds is 4. The van der Waals surface area contributed by atoms with Crippen LogP contribution < -0.4 is 10.7 Å². The van der Waals surface area contributed by atoms with Crippen molar-refractivity contribution in [3.8, 4) is 0 Å². The number of nitrogens with zero attached hydrogens (tertiary/aromatic N) is 1. The van der Waals surface area contributed by atoms with Crippen LogP contribution in [0.5, 0.6) is 0 Å². The van der Waals surface area contributed by atoms with Crippen molar-refractivity contribution in [3.63, 3.8) is 0 Å². The number of aldehydes is 1. The minimum Gasteiger partial charge on any atom is -0.382 e. The Hall–Kier alpha value is -1.89. The maximum absolute atomic E-state index is 12.4. The summed E-state index contributed by atoms with van der Waals surface area (Å²) in [7, 11) is 0. The fourth-order valence-electron chi connectivity index (χ4n) is 2.19. The van der Waals surface area contributed by atoms with E-state index in [1.54, 1.807) is 24.3 Å². The smallest absolute Gasteiger partial charge is 0.255 e. The number of pyridine rings is 2. The summed E-state index contributed by atoms with van der Waals surface area (Å²) in [5.41, 5.74) is 0.726. The van der Waals surface area contributed by atoms with E-state index < -0.39 is 11.3 Å². The maximum Gasteiger partial charge on any atom is 0.255 e. The predicted molar refractivity (Wildman–Crippen MR) is 89.2 cm³/mol. The molecule has 1 aromatic carbocycles. The van der Waals surface area contributed by atoms with Gasteiger partial charge in [-0.15, -0.1) is 6.07 Å². The molecule has 1 amide bonds. The molecule has 2 heterocycles. The summed E-state index contributed by atoms with van der Waals surface area (Å²) in [5.74, 6) is -0.516. The number of hydrogen-bond acceptors (Lipinski definition) is 4. The van der Waals surface area contributed by atoms with Crippen molar-refractivity contribution in [3.05, 3.63) is 74.8 Å². The van der Waals surface area contributed by atoms with E-state index in [2.05, 4.69) is 21.5 Å². The van der Waals surface area contributed by atoms with Gasteiger partial charge >= 0.3 is 0 Å². The molecule has 0 spiro atoms. The van der Waals surface area contributed by atoms with Crippen LogP contribution in [-0.2, 0) is 39.3 Å². The predicted octanol–water partition coefficient (Wildman–Crippen LogP) is 2.12. The Morgan fingerprint density at radius 1 is 1.32 bits per heavy atom. The number of amides is 1. The summed E-state index contributed by atoms with van der Waals surface area (Å²) in [6, 6.07) is 8.33. The molecule has 0 aliphatic carbocycles. The van der Waals surface area contributed by atoms with Crippen molar-refractivity contribution in [2.75, 3.05) is 0 Å². The zero-order chi connectivity index (χ0) is 17.1. The molecule has 6 nitrogen and oxygen atoms in total. The Balaban J connectivity index is 0.00000225. The van der Waals surface area contributed by atoms with Crippen LogP contribution in [0, 0.1) is 6.20 Å². The van der Waals surface area contributed by atoms with Gasteiger partial charge in [-0.25, -0.2) is 0 Å². The van der Waals surface area contributed by atoms with E-state index in [1.165, 1.54) is 12.3 Å². The minimum absolute atomic E-state index is 0. The summed E-state index contributed by atoms with van der Waals surface area (Å²) >= 11 is 5.81. The van der Waals surface area contributed by atoms with Crippen LogP contribution in [0.4, 0.5) is 0 Å². The fraction of sp³-hybridized carbons (Fsp3) is 0.0588. The van der Waals surface area contributed by atoms with E-state index in [4.69, 9.17) is 11.6 Å². The Morgan fingerprint density at radius 2 is 2.04 bits per heavy atom. The van der Waals surface area contributed by atoms with Gasteiger partial charge < -0.3 is 24.9 Å². The molecule has 0 unspecified atom stereocenters. The zero-order valence-corrected chi connectivity index (χ0v) is 16.5. The van der Waals surface area contributed by atoms with Crippen LogP contribution >= 0.6 is 11.6 Å². The summed E-state index contributed by atoms with van der Waals surface area (Å²) in [5, 5.41) is 3.46. The fourth-order valence-corrected chi connectivity index (χ4v) is 2.31. The molecule has 123 valence electrons. The molecule has 0 aliphatic rings. The van der Waals surface area contributed by atoms with Gasteiger partial charge in [0.05, 0.1) is 5.56 Å². The number of H-pyrrole nitrogens is 1. The number of halogens is 1. The number of carbonyl (C=O) groups excluding carboxylic acids is 2. The van der Waals surface area contributed by atoms with Crippen LogP contribution in [0.3, 0.4) is 0 Å². The maximum atomic E-state index is 12.4.